The van der Waals surface area contributed by atoms with Crippen molar-refractivity contribution < 1.29 is 0 Å². The third kappa shape index (κ3) is 3.32. The Bertz CT molecular complexity index is 321. The number of nitrogens with one attached hydrogen (secondary N) is 2. The van der Waals surface area contributed by atoms with E-state index in [0.717, 1.165) is 31.9 Å². The lowest BCUT2D eigenvalue weighted by atomic mass is 10.1. The van der Waals surface area contributed by atoms with Gasteiger partial charge in [-0.25, -0.2) is 4.98 Å². The second-order valence-corrected chi connectivity index (χ2v) is 3.58. The fourth-order valence-electron chi connectivity index (χ4n) is 1.64. The number of nitrogens with zero attached hydrogens (tertiary/aromatic N) is 2. The van der Waals surface area contributed by atoms with Crippen LogP contribution in [-0.2, 0) is 0 Å². The molecule has 0 aromatic carbocycles. The molecule has 4 heteroatoms. The molecule has 1 aromatic heterocycles. The predicted octanol–water partition coefficient (Wildman–Crippen LogP) is 1.20. The molecule has 80 valence electrons. The smallest absolute Gasteiger partial charge is 0.144 e. The number of anilines is 1. The molecule has 2 heterocycles. The van der Waals surface area contributed by atoms with Gasteiger partial charge in [-0.05, 0) is 19.4 Å². The molecule has 0 saturated heterocycles. The van der Waals surface area contributed by atoms with Gasteiger partial charge in [-0.15, -0.1) is 0 Å². The molecule has 1 aliphatic rings. The van der Waals surface area contributed by atoms with E-state index in [0.29, 0.717) is 0 Å². The molecule has 0 amide bonds. The maximum Gasteiger partial charge on any atom is 0.144 e. The van der Waals surface area contributed by atoms with Crippen LogP contribution in [0, 0.1) is 0 Å². The van der Waals surface area contributed by atoms with Crippen molar-refractivity contribution in [2.24, 2.45) is 0 Å². The minimum Gasteiger partial charge on any atom is -0.368 e. The van der Waals surface area contributed by atoms with Crippen LogP contribution in [0.15, 0.2) is 30.2 Å². The van der Waals surface area contributed by atoms with E-state index in [1.165, 1.54) is 12.0 Å². The third-order valence-electron chi connectivity index (χ3n) is 2.47. The zero-order valence-corrected chi connectivity index (χ0v) is 8.74. The van der Waals surface area contributed by atoms with Gasteiger partial charge in [0.25, 0.3) is 0 Å². The van der Waals surface area contributed by atoms with Crippen molar-refractivity contribution in [3.8, 4) is 0 Å². The summed E-state index contributed by atoms with van der Waals surface area (Å²) in [5.41, 5.74) is 1.53. The summed E-state index contributed by atoms with van der Waals surface area (Å²) in [6, 6.07) is 0. The lowest BCUT2D eigenvalue weighted by Gasteiger charge is -2.14. The van der Waals surface area contributed by atoms with Gasteiger partial charge < -0.3 is 10.6 Å². The summed E-state index contributed by atoms with van der Waals surface area (Å²) >= 11 is 0. The molecule has 1 aliphatic heterocycles. The van der Waals surface area contributed by atoms with Gasteiger partial charge in [0.1, 0.15) is 5.82 Å². The molecule has 2 rings (SSSR count). The maximum absolute atomic E-state index is 4.16. The van der Waals surface area contributed by atoms with E-state index >= 15 is 0 Å². The van der Waals surface area contributed by atoms with Gasteiger partial charge in [-0.2, -0.15) is 0 Å². The molecule has 0 radical (unpaired) electrons. The molecule has 0 aliphatic carbocycles. The topological polar surface area (TPSA) is 49.8 Å². The van der Waals surface area contributed by atoms with Crippen molar-refractivity contribution in [3.05, 3.63) is 30.2 Å². The zero-order chi connectivity index (χ0) is 10.3. The Kier molecular flexibility index (Phi) is 3.68. The molecule has 0 unspecified atom stereocenters. The van der Waals surface area contributed by atoms with Crippen molar-refractivity contribution in [2.75, 3.05) is 25.0 Å². The molecule has 4 nitrogen and oxygen atoms in total. The van der Waals surface area contributed by atoms with Crippen LogP contribution in [-0.4, -0.2) is 29.6 Å². The van der Waals surface area contributed by atoms with Crippen LogP contribution in [0.5, 0.6) is 0 Å². The zero-order valence-electron chi connectivity index (χ0n) is 8.74. The highest BCUT2D eigenvalue weighted by molar-refractivity contribution is 5.30. The first kappa shape index (κ1) is 10.1. The molecule has 1 aromatic rings. The summed E-state index contributed by atoms with van der Waals surface area (Å²) in [5, 5.41) is 6.56. The summed E-state index contributed by atoms with van der Waals surface area (Å²) in [7, 11) is 0. The maximum atomic E-state index is 4.16. The molecule has 0 atom stereocenters. The Morgan fingerprint density at radius 1 is 1.40 bits per heavy atom. The van der Waals surface area contributed by atoms with E-state index < -0.39 is 0 Å². The van der Waals surface area contributed by atoms with E-state index in [-0.39, 0.29) is 0 Å². The van der Waals surface area contributed by atoms with Crippen LogP contribution in [0.1, 0.15) is 12.8 Å². The fraction of sp³-hybridized carbons (Fsp3) is 0.455. The highest BCUT2D eigenvalue weighted by atomic mass is 15.0. The quantitative estimate of drug-likeness (QED) is 0.723. The van der Waals surface area contributed by atoms with Gasteiger partial charge in [0.15, 0.2) is 0 Å². The first-order valence-electron chi connectivity index (χ1n) is 5.33. The van der Waals surface area contributed by atoms with Crippen molar-refractivity contribution >= 4 is 5.82 Å². The standard InChI is InChI=1S/C11H16N4/c1-4-12-5-2-10(1)3-6-14-11-9-13-7-8-15-11/h1,7-9,12H,2-6H2,(H,14,15). The van der Waals surface area contributed by atoms with Crippen LogP contribution < -0.4 is 10.6 Å². The van der Waals surface area contributed by atoms with Crippen molar-refractivity contribution in [1.82, 2.24) is 15.3 Å². The predicted molar refractivity (Wildman–Crippen MR) is 60.7 cm³/mol. The van der Waals surface area contributed by atoms with E-state index in [1.54, 1.807) is 18.6 Å². The molecule has 0 saturated carbocycles. The van der Waals surface area contributed by atoms with Crippen molar-refractivity contribution in [1.29, 1.82) is 0 Å². The highest BCUT2D eigenvalue weighted by Gasteiger charge is 2.02. The lowest BCUT2D eigenvalue weighted by molar-refractivity contribution is 0.683. The molecule has 15 heavy (non-hydrogen) atoms. The van der Waals surface area contributed by atoms with Crippen LogP contribution in [0.2, 0.25) is 0 Å². The van der Waals surface area contributed by atoms with Gasteiger partial charge in [0, 0.05) is 25.5 Å². The Morgan fingerprint density at radius 2 is 2.40 bits per heavy atom. The van der Waals surface area contributed by atoms with E-state index in [9.17, 15) is 0 Å². The van der Waals surface area contributed by atoms with Gasteiger partial charge >= 0.3 is 0 Å². The van der Waals surface area contributed by atoms with E-state index in [1.807, 2.05) is 0 Å². The molecule has 0 spiro atoms. The lowest BCUT2D eigenvalue weighted by Crippen LogP contribution is -2.21. The summed E-state index contributed by atoms with van der Waals surface area (Å²) in [5.74, 6) is 0.854. The summed E-state index contributed by atoms with van der Waals surface area (Å²) < 4.78 is 0. The second-order valence-electron chi connectivity index (χ2n) is 3.58. The van der Waals surface area contributed by atoms with Crippen molar-refractivity contribution in [3.63, 3.8) is 0 Å². The Labute approximate surface area is 89.8 Å². The largest absolute Gasteiger partial charge is 0.368 e. The van der Waals surface area contributed by atoms with Crippen LogP contribution in [0.25, 0.3) is 0 Å². The van der Waals surface area contributed by atoms with Crippen molar-refractivity contribution in [2.45, 2.75) is 12.8 Å². The third-order valence-corrected chi connectivity index (χ3v) is 2.47. The first-order chi connectivity index (χ1) is 7.45. The summed E-state index contributed by atoms with van der Waals surface area (Å²) in [6.45, 7) is 3.06. The van der Waals surface area contributed by atoms with Crippen LogP contribution in [0.4, 0.5) is 5.82 Å². The minimum absolute atomic E-state index is 0.854. The molecule has 2 N–H and O–H groups in total. The average molecular weight is 204 g/mol. The SMILES string of the molecule is C1=C(CCNc2cnccn2)CCNC1. The first-order valence-corrected chi connectivity index (χ1v) is 5.33. The number of hydrogen-bond acceptors (Lipinski definition) is 4. The van der Waals surface area contributed by atoms with Crippen LogP contribution >= 0.6 is 0 Å². The Balaban J connectivity index is 1.73. The van der Waals surface area contributed by atoms with Gasteiger partial charge in [-0.1, -0.05) is 11.6 Å². The minimum atomic E-state index is 0.854. The molecule has 0 fully saturated rings. The van der Waals surface area contributed by atoms with Gasteiger partial charge in [-0.3, -0.25) is 4.98 Å². The van der Waals surface area contributed by atoms with E-state index in [2.05, 4.69) is 26.7 Å². The molecular weight excluding hydrogens is 188 g/mol. The van der Waals surface area contributed by atoms with Gasteiger partial charge in [0.05, 0.1) is 6.20 Å². The average Bonchev–Trinajstić information content (AvgIpc) is 2.32. The normalized spacial score (nSPS) is 15.9. The van der Waals surface area contributed by atoms with Crippen LogP contribution in [0.3, 0.4) is 0 Å². The van der Waals surface area contributed by atoms with Gasteiger partial charge in [0.2, 0.25) is 0 Å². The Morgan fingerprint density at radius 3 is 3.13 bits per heavy atom. The number of rotatable bonds is 4. The summed E-state index contributed by atoms with van der Waals surface area (Å²) in [6.07, 6.45) is 9.67. The molecular formula is C11H16N4. The number of aromatic nitrogens is 2. The highest BCUT2D eigenvalue weighted by Crippen LogP contribution is 2.09. The number of hydrogen-bond donors (Lipinski definition) is 2. The molecule has 0 bridgehead atoms. The fourth-order valence-corrected chi connectivity index (χ4v) is 1.64. The van der Waals surface area contributed by atoms with E-state index in [4.69, 9.17) is 0 Å². The summed E-state index contributed by atoms with van der Waals surface area (Å²) in [4.78, 5) is 8.16. The monoisotopic (exact) mass is 204 g/mol. The second kappa shape index (κ2) is 5.46. The Hall–Kier alpha value is -1.42.